The number of nitrogens with zero attached hydrogens (tertiary/aromatic N) is 2. The van der Waals surface area contributed by atoms with Crippen LogP contribution in [0.5, 0.6) is 0 Å². The molecule has 11 atom stereocenters. The van der Waals surface area contributed by atoms with Crippen LogP contribution >= 0.6 is 0 Å². The van der Waals surface area contributed by atoms with E-state index in [2.05, 4.69) is 29.0 Å². The highest BCUT2D eigenvalue weighted by Gasteiger charge is 2.72. The van der Waals surface area contributed by atoms with Gasteiger partial charge in [-0.25, -0.2) is 4.79 Å². The molecule has 54 heavy (non-hydrogen) atoms. The van der Waals surface area contributed by atoms with Gasteiger partial charge in [0.25, 0.3) is 7.41 Å². The van der Waals surface area contributed by atoms with Crippen LogP contribution < -0.4 is 5.23 Å². The number of ether oxygens (including phenoxy) is 2. The number of piperazine rings is 1. The van der Waals surface area contributed by atoms with Crippen molar-refractivity contribution in [3.05, 3.63) is 47.0 Å². The maximum absolute atomic E-state index is 14.6. The number of esters is 2. The summed E-state index contributed by atoms with van der Waals surface area (Å²) >= 11 is 0. The lowest BCUT2D eigenvalue weighted by Gasteiger charge is -2.69. The minimum absolute atomic E-state index is 0.0333. The van der Waals surface area contributed by atoms with Crippen molar-refractivity contribution in [3.8, 4) is 0 Å². The van der Waals surface area contributed by atoms with Gasteiger partial charge in [0.2, 0.25) is 6.10 Å². The van der Waals surface area contributed by atoms with Crippen molar-refractivity contribution in [1.29, 1.82) is 0 Å². The summed E-state index contributed by atoms with van der Waals surface area (Å²) in [5, 5.41) is 39.9. The Morgan fingerprint density at radius 1 is 1.09 bits per heavy atom. The van der Waals surface area contributed by atoms with E-state index in [9.17, 15) is 34.5 Å². The predicted octanol–water partition coefficient (Wildman–Crippen LogP) is 2.18. The standard InChI is InChI=1S/C41H60BN3O9/c1-24-28(22-41(52)25(2)35-39(5)15-13-27(39)21-29(47)40(35,6)36(50)33(49)31(24)38(41,3)4)53-37(51)34(32(43-42-23-46)26-11-9-8-10-12-26)54-30(48)14-16-45-19-17-44(7)18-20-45/h8-12,23,25,27-29,32-35,42-43,47,49,52H,13-22H2,1-7H3/t25-,27+,28-,29-,32-,33+,34+,35+,39+,40+,41+/m0/s1. The number of Topliss-reactive ketones (excluding diaryl/α,β-unsaturated/α-hetero) is 1. The molecule has 12 nitrogen and oxygen atoms in total. The molecular weight excluding hydrogens is 689 g/mol. The number of ketones is 1. The van der Waals surface area contributed by atoms with Crippen LogP contribution in [-0.2, 0) is 28.7 Å². The first kappa shape index (κ1) is 40.7. The topological polar surface area (TPSA) is 166 Å². The van der Waals surface area contributed by atoms with Gasteiger partial charge in [-0.3, -0.25) is 9.59 Å². The molecule has 1 saturated heterocycles. The lowest BCUT2D eigenvalue weighted by atomic mass is 9.36. The fourth-order valence-corrected chi connectivity index (χ4v) is 11.4. The quantitative estimate of drug-likeness (QED) is 0.113. The van der Waals surface area contributed by atoms with Gasteiger partial charge in [-0.15, -0.1) is 0 Å². The molecule has 3 saturated carbocycles. The molecule has 0 spiro atoms. The molecule has 6 rings (SSSR count). The Bertz CT molecular complexity index is 1630. The van der Waals surface area contributed by atoms with Crippen LogP contribution in [-0.4, -0.2) is 126 Å². The summed E-state index contributed by atoms with van der Waals surface area (Å²) in [5.41, 5.74) is -3.03. The van der Waals surface area contributed by atoms with Gasteiger partial charge < -0.3 is 44.6 Å². The highest BCUT2D eigenvalue weighted by molar-refractivity contribution is 6.64. The predicted molar refractivity (Wildman–Crippen MR) is 204 cm³/mol. The zero-order valence-corrected chi connectivity index (χ0v) is 33.0. The van der Waals surface area contributed by atoms with Crippen LogP contribution in [0.1, 0.15) is 85.3 Å². The van der Waals surface area contributed by atoms with Gasteiger partial charge >= 0.3 is 11.9 Å². The molecule has 296 valence electrons. The van der Waals surface area contributed by atoms with E-state index in [4.69, 9.17) is 9.47 Å². The molecule has 0 aromatic heterocycles. The third-order valence-electron chi connectivity index (χ3n) is 14.8. The average molecular weight is 750 g/mol. The zero-order chi connectivity index (χ0) is 39.4. The molecular formula is C41H60BN3O9. The van der Waals surface area contributed by atoms with Crippen LogP contribution in [0.4, 0.5) is 0 Å². The van der Waals surface area contributed by atoms with Crippen molar-refractivity contribution in [2.45, 2.75) is 110 Å². The summed E-state index contributed by atoms with van der Waals surface area (Å²) in [6.07, 6.45) is -2.32. The third-order valence-corrected chi connectivity index (χ3v) is 14.8. The van der Waals surface area contributed by atoms with E-state index in [1.54, 1.807) is 38.1 Å². The number of hydrogen-bond donors (Lipinski definition) is 4. The molecule has 1 aliphatic heterocycles. The zero-order valence-electron chi connectivity index (χ0n) is 33.0. The molecule has 13 heteroatoms. The first-order valence-electron chi connectivity index (χ1n) is 19.8. The van der Waals surface area contributed by atoms with Gasteiger partial charge in [-0.05, 0) is 80.0 Å². The van der Waals surface area contributed by atoms with E-state index in [1.807, 2.05) is 26.8 Å². The number of carbonyl (C=O) groups excluding carboxylic acids is 4. The maximum atomic E-state index is 14.6. The Kier molecular flexibility index (Phi) is 11.5. The number of carbonyl (C=O) groups is 4. The van der Waals surface area contributed by atoms with Crippen molar-refractivity contribution < 1.29 is 44.0 Å². The highest BCUT2D eigenvalue weighted by atomic mass is 16.6. The van der Waals surface area contributed by atoms with E-state index < -0.39 is 76.4 Å². The molecule has 4 N–H and O–H groups in total. The Labute approximate surface area is 320 Å². The maximum Gasteiger partial charge on any atom is 0.350 e. The summed E-state index contributed by atoms with van der Waals surface area (Å²) in [6, 6.07) is 7.98. The summed E-state index contributed by atoms with van der Waals surface area (Å²) in [4.78, 5) is 58.7. The Balaban J connectivity index is 1.35. The van der Waals surface area contributed by atoms with E-state index >= 15 is 0 Å². The molecule has 0 unspecified atom stereocenters. The second kappa shape index (κ2) is 15.2. The fraction of sp³-hybridized carbons (Fsp3) is 0.707. The number of benzene rings is 1. The normalized spacial score (nSPS) is 37.7. The van der Waals surface area contributed by atoms with Gasteiger partial charge in [-0.2, -0.15) is 0 Å². The molecule has 4 aliphatic carbocycles. The van der Waals surface area contributed by atoms with Gasteiger partial charge in [0.1, 0.15) is 12.2 Å². The number of nitrogens with one attached hydrogen (secondary N) is 1. The van der Waals surface area contributed by atoms with E-state index in [1.165, 1.54) is 0 Å². The number of aliphatic hydroxyl groups is 3. The highest BCUT2D eigenvalue weighted by Crippen LogP contribution is 2.70. The molecule has 0 amide bonds. The summed E-state index contributed by atoms with van der Waals surface area (Å²) < 4.78 is 12.3. The number of hydrogen-bond acceptors (Lipinski definition) is 12. The van der Waals surface area contributed by atoms with Crippen molar-refractivity contribution in [2.24, 2.45) is 34.0 Å². The molecule has 2 bridgehead atoms. The third kappa shape index (κ3) is 6.70. The molecule has 4 fully saturated rings. The largest absolute Gasteiger partial charge is 0.455 e. The first-order valence-corrected chi connectivity index (χ1v) is 19.8. The van der Waals surface area contributed by atoms with Crippen LogP contribution in [0.3, 0.4) is 0 Å². The second-order valence-corrected chi connectivity index (χ2v) is 17.9. The van der Waals surface area contributed by atoms with Crippen LogP contribution in [0.25, 0.3) is 0 Å². The average Bonchev–Trinajstić information content (AvgIpc) is 3.13. The van der Waals surface area contributed by atoms with E-state index in [0.29, 0.717) is 30.3 Å². The van der Waals surface area contributed by atoms with Gasteiger partial charge in [0, 0.05) is 44.6 Å². The summed E-state index contributed by atoms with van der Waals surface area (Å²) in [7, 11) is 1.93. The van der Waals surface area contributed by atoms with E-state index in [0.717, 1.165) is 39.0 Å². The molecule has 1 aromatic rings. The lowest BCUT2D eigenvalue weighted by molar-refractivity contribution is -0.246. The molecule has 1 aromatic carbocycles. The molecule has 1 heterocycles. The molecule has 0 radical (unpaired) electrons. The monoisotopic (exact) mass is 749 g/mol. The Hall–Kier alpha value is -2.94. The minimum atomic E-state index is -1.66. The Morgan fingerprint density at radius 3 is 2.37 bits per heavy atom. The van der Waals surface area contributed by atoms with Gasteiger partial charge in [0.15, 0.2) is 5.78 Å². The van der Waals surface area contributed by atoms with Crippen LogP contribution in [0.15, 0.2) is 41.5 Å². The number of rotatable bonds is 11. The molecule has 5 aliphatic rings. The van der Waals surface area contributed by atoms with E-state index in [-0.39, 0.29) is 37.2 Å². The second-order valence-electron chi connectivity index (χ2n) is 17.9. The SMILES string of the molecule is CC1=C2[C@@H](O)C(=O)[C@@]3(C)[C@H]([C@H](C)[C@](O)(C[C@@H]1OC(=O)[C@H](OC(=O)CCN1CCN(C)CC1)[C@@H](NBC=O)c1ccccc1)C2(C)C)[C@]1(C)CC[C@@H]1C[C@@H]3O. The number of fused-ring (bicyclic) bond motifs is 5. The summed E-state index contributed by atoms with van der Waals surface area (Å²) in [5.74, 6) is -2.78. The van der Waals surface area contributed by atoms with Crippen LogP contribution in [0.2, 0.25) is 0 Å². The lowest BCUT2D eigenvalue weighted by Crippen LogP contribution is -2.72. The van der Waals surface area contributed by atoms with Gasteiger partial charge in [-0.1, -0.05) is 58.0 Å². The first-order chi connectivity index (χ1) is 25.4. The fourth-order valence-electron chi connectivity index (χ4n) is 11.4. The minimum Gasteiger partial charge on any atom is -0.455 e. The smallest absolute Gasteiger partial charge is 0.350 e. The summed E-state index contributed by atoms with van der Waals surface area (Å²) in [6.45, 7) is 15.0. The Morgan fingerprint density at radius 2 is 1.76 bits per heavy atom. The van der Waals surface area contributed by atoms with Crippen LogP contribution in [0, 0.1) is 34.0 Å². The number of likely N-dealkylation sites (N-methyl/N-ethyl adjacent to an activating group) is 1. The van der Waals surface area contributed by atoms with Crippen molar-refractivity contribution in [1.82, 2.24) is 15.0 Å². The van der Waals surface area contributed by atoms with Crippen molar-refractivity contribution in [2.75, 3.05) is 39.8 Å². The number of aliphatic hydroxyl groups excluding tert-OH is 2. The van der Waals surface area contributed by atoms with Gasteiger partial charge in [0.05, 0.1) is 35.8 Å². The van der Waals surface area contributed by atoms with Crippen molar-refractivity contribution in [3.63, 3.8) is 0 Å². The van der Waals surface area contributed by atoms with Crippen molar-refractivity contribution >= 4 is 31.3 Å².